The van der Waals surface area contributed by atoms with Crippen LogP contribution in [0.1, 0.15) is 49.1 Å². The number of rotatable bonds is 7. The number of nitrogens with zero attached hydrogens (tertiary/aromatic N) is 3. The number of sulfonamides is 1. The van der Waals surface area contributed by atoms with Crippen LogP contribution in [-0.2, 0) is 16.2 Å². The van der Waals surface area contributed by atoms with Gasteiger partial charge >= 0.3 is 6.18 Å². The van der Waals surface area contributed by atoms with Gasteiger partial charge in [0.25, 0.3) is 10.0 Å². The maximum Gasteiger partial charge on any atom is 0.416 e. The second-order valence-corrected chi connectivity index (χ2v) is 11.7. The van der Waals surface area contributed by atoms with E-state index in [4.69, 9.17) is 4.74 Å². The molecular weight excluding hydrogens is 555 g/mol. The molecule has 2 heterocycles. The summed E-state index contributed by atoms with van der Waals surface area (Å²) < 4.78 is 103. The van der Waals surface area contributed by atoms with E-state index < -0.39 is 50.1 Å². The molecule has 0 spiro atoms. The largest absolute Gasteiger partial charge is 0.486 e. The monoisotopic (exact) mass is 582 g/mol. The maximum atomic E-state index is 15.1. The van der Waals surface area contributed by atoms with Crippen LogP contribution in [0, 0.1) is 11.6 Å². The van der Waals surface area contributed by atoms with Gasteiger partial charge < -0.3 is 4.74 Å². The van der Waals surface area contributed by atoms with Crippen molar-refractivity contribution in [1.29, 1.82) is 0 Å². The van der Waals surface area contributed by atoms with Crippen molar-refractivity contribution in [3.05, 3.63) is 77.8 Å². The molecule has 3 aromatic rings. The number of aromatic nitrogens is 2. The molecule has 1 saturated carbocycles. The topological polar surface area (TPSA) is 84.4 Å². The predicted octanol–water partition coefficient (Wildman–Crippen LogP) is 5.75. The van der Waals surface area contributed by atoms with Crippen molar-refractivity contribution < 1.29 is 35.1 Å². The first-order valence-electron chi connectivity index (χ1n) is 12.9. The Morgan fingerprint density at radius 3 is 2.48 bits per heavy atom. The lowest BCUT2D eigenvalue weighted by molar-refractivity contribution is -0.137. The van der Waals surface area contributed by atoms with Gasteiger partial charge in [-0.1, -0.05) is 18.2 Å². The van der Waals surface area contributed by atoms with Crippen LogP contribution in [0.3, 0.4) is 0 Å². The van der Waals surface area contributed by atoms with Crippen molar-refractivity contribution >= 4 is 15.8 Å². The van der Waals surface area contributed by atoms with Crippen LogP contribution in [0.25, 0.3) is 0 Å². The summed E-state index contributed by atoms with van der Waals surface area (Å²) in [6.07, 6.45) is 0.673. The standard InChI is InChI=1S/C27H27F5N4O3S/c28-20-15-25(40(37,38)35-26-8-9-33-16-34-26)21(29)14-24(20)39-23-7-6-18(13-22(23)36-10-1-2-11-36)17-4-3-5-19(12-17)27(30,31)32/h3-5,8-9,12,14-16,18,22-23H,1-2,6-7,10-11,13H2,(H,33,34,35)/t18-,22-,23-/m0/s1. The van der Waals surface area contributed by atoms with Gasteiger partial charge in [-0.15, -0.1) is 0 Å². The summed E-state index contributed by atoms with van der Waals surface area (Å²) in [5.41, 5.74) is -0.122. The van der Waals surface area contributed by atoms with Gasteiger partial charge in [-0.05, 0) is 68.8 Å². The zero-order chi connectivity index (χ0) is 28.5. The molecule has 3 atom stereocenters. The lowest BCUT2D eigenvalue weighted by Gasteiger charge is -2.41. The molecule has 2 aliphatic rings. The number of anilines is 1. The molecule has 1 N–H and O–H groups in total. The predicted molar refractivity (Wildman–Crippen MR) is 136 cm³/mol. The number of likely N-dealkylation sites (tertiary alicyclic amines) is 1. The van der Waals surface area contributed by atoms with Crippen molar-refractivity contribution in [2.24, 2.45) is 0 Å². The Balaban J connectivity index is 1.36. The van der Waals surface area contributed by atoms with Gasteiger partial charge in [0.15, 0.2) is 11.6 Å². The molecule has 2 aromatic carbocycles. The minimum Gasteiger partial charge on any atom is -0.486 e. The summed E-state index contributed by atoms with van der Waals surface area (Å²) in [4.78, 5) is 8.68. The molecule has 0 amide bonds. The number of nitrogens with one attached hydrogen (secondary N) is 1. The molecule has 0 radical (unpaired) electrons. The van der Waals surface area contributed by atoms with Crippen molar-refractivity contribution in [3.63, 3.8) is 0 Å². The number of benzene rings is 2. The number of hydrogen-bond donors (Lipinski definition) is 1. The Labute approximate surface area is 228 Å². The second-order valence-electron chi connectivity index (χ2n) is 10.0. The fraction of sp³-hybridized carbons (Fsp3) is 0.407. The van der Waals surface area contributed by atoms with Gasteiger partial charge in [0.1, 0.15) is 29.0 Å². The molecule has 13 heteroatoms. The highest BCUT2D eigenvalue weighted by atomic mass is 32.2. The zero-order valence-electron chi connectivity index (χ0n) is 21.2. The summed E-state index contributed by atoms with van der Waals surface area (Å²) in [6, 6.07) is 7.61. The third-order valence-corrected chi connectivity index (χ3v) is 8.79. The summed E-state index contributed by atoms with van der Waals surface area (Å²) in [5, 5.41) is 0. The highest BCUT2D eigenvalue weighted by Gasteiger charge is 2.39. The fourth-order valence-corrected chi connectivity index (χ4v) is 6.58. The lowest BCUT2D eigenvalue weighted by Crippen LogP contribution is -2.48. The van der Waals surface area contributed by atoms with Crippen molar-refractivity contribution in [2.45, 2.75) is 61.2 Å². The summed E-state index contributed by atoms with van der Waals surface area (Å²) in [5.74, 6) is -2.95. The molecule has 40 heavy (non-hydrogen) atoms. The van der Waals surface area contributed by atoms with Crippen molar-refractivity contribution in [1.82, 2.24) is 14.9 Å². The number of halogens is 5. The smallest absolute Gasteiger partial charge is 0.416 e. The molecule has 7 nitrogen and oxygen atoms in total. The average molecular weight is 583 g/mol. The Morgan fingerprint density at radius 1 is 1.00 bits per heavy atom. The van der Waals surface area contributed by atoms with Crippen LogP contribution in [0.2, 0.25) is 0 Å². The average Bonchev–Trinajstić information content (AvgIpc) is 3.45. The molecule has 5 rings (SSSR count). The van der Waals surface area contributed by atoms with E-state index in [0.29, 0.717) is 37.0 Å². The molecular formula is C27H27F5N4O3S. The quantitative estimate of drug-likeness (QED) is 0.357. The van der Waals surface area contributed by atoms with Crippen LogP contribution < -0.4 is 9.46 Å². The van der Waals surface area contributed by atoms with E-state index in [1.165, 1.54) is 24.4 Å². The van der Waals surface area contributed by atoms with Crippen LogP contribution in [0.5, 0.6) is 5.75 Å². The molecule has 214 valence electrons. The normalized spacial score (nSPS) is 22.3. The highest BCUT2D eigenvalue weighted by Crippen LogP contribution is 2.40. The van der Waals surface area contributed by atoms with Gasteiger partial charge in [-0.2, -0.15) is 13.2 Å². The highest BCUT2D eigenvalue weighted by molar-refractivity contribution is 7.92. The number of hydrogen-bond acceptors (Lipinski definition) is 6. The number of ether oxygens (including phenoxy) is 1. The third kappa shape index (κ3) is 6.20. The minimum absolute atomic E-state index is 0.110. The van der Waals surface area contributed by atoms with E-state index in [2.05, 4.69) is 19.6 Å². The van der Waals surface area contributed by atoms with Gasteiger partial charge in [0.2, 0.25) is 0 Å². The zero-order valence-corrected chi connectivity index (χ0v) is 22.1. The Hall–Kier alpha value is -3.32. The first-order valence-corrected chi connectivity index (χ1v) is 14.4. The van der Waals surface area contributed by atoms with Crippen molar-refractivity contribution in [3.8, 4) is 5.75 Å². The van der Waals surface area contributed by atoms with E-state index in [1.54, 1.807) is 6.07 Å². The van der Waals surface area contributed by atoms with Gasteiger partial charge in [-0.3, -0.25) is 9.62 Å². The SMILES string of the molecule is O=S(=O)(Nc1ccncn1)c1cc(F)c(O[C@H]2CC[C@H](c3cccc(C(F)(F)F)c3)C[C@@H]2N2CCCC2)cc1F. The summed E-state index contributed by atoms with van der Waals surface area (Å²) in [7, 11) is -4.49. The Bertz CT molecular complexity index is 1450. The van der Waals surface area contributed by atoms with Gasteiger partial charge in [-0.25, -0.2) is 27.2 Å². The van der Waals surface area contributed by atoms with Crippen LogP contribution in [0.15, 0.2) is 59.9 Å². The second kappa shape index (κ2) is 11.3. The molecule has 1 saturated heterocycles. The molecule has 1 aliphatic carbocycles. The summed E-state index contributed by atoms with van der Waals surface area (Å²) >= 11 is 0. The van der Waals surface area contributed by atoms with E-state index in [1.807, 2.05) is 0 Å². The van der Waals surface area contributed by atoms with Gasteiger partial charge in [0, 0.05) is 24.4 Å². The van der Waals surface area contributed by atoms with E-state index in [0.717, 1.165) is 38.3 Å². The molecule has 1 aromatic heterocycles. The molecule has 1 aliphatic heterocycles. The Morgan fingerprint density at radius 2 is 1.77 bits per heavy atom. The molecule has 0 bridgehead atoms. The lowest BCUT2D eigenvalue weighted by atomic mass is 9.79. The van der Waals surface area contributed by atoms with Gasteiger partial charge in [0.05, 0.1) is 5.56 Å². The fourth-order valence-electron chi connectivity index (χ4n) is 5.50. The van der Waals surface area contributed by atoms with Crippen LogP contribution >= 0.6 is 0 Å². The maximum absolute atomic E-state index is 15.1. The van der Waals surface area contributed by atoms with E-state index in [9.17, 15) is 26.0 Å². The van der Waals surface area contributed by atoms with Crippen LogP contribution in [0.4, 0.5) is 27.8 Å². The third-order valence-electron chi connectivity index (χ3n) is 7.43. The molecule has 0 unspecified atom stereocenters. The van der Waals surface area contributed by atoms with Crippen molar-refractivity contribution in [2.75, 3.05) is 17.8 Å². The van der Waals surface area contributed by atoms with Crippen LogP contribution in [-0.4, -0.2) is 48.5 Å². The summed E-state index contributed by atoms with van der Waals surface area (Å²) in [6.45, 7) is 1.53. The molecule has 2 fully saturated rings. The minimum atomic E-state index is -4.49. The van der Waals surface area contributed by atoms with E-state index >= 15 is 4.39 Å². The Kier molecular flexibility index (Phi) is 7.96. The number of alkyl halides is 3. The van der Waals surface area contributed by atoms with E-state index in [-0.39, 0.29) is 17.8 Å². The first-order chi connectivity index (χ1) is 19.0. The first kappa shape index (κ1) is 28.2.